The molecule has 1 atom stereocenters. The molecule has 0 aromatic heterocycles. The van der Waals surface area contributed by atoms with Crippen LogP contribution in [0.25, 0.3) is 0 Å². The van der Waals surface area contributed by atoms with Crippen molar-refractivity contribution in [2.45, 2.75) is 17.7 Å². The van der Waals surface area contributed by atoms with Gasteiger partial charge >= 0.3 is 0 Å². The number of carbonyl (C=O) groups is 2. The van der Waals surface area contributed by atoms with Gasteiger partial charge in [-0.25, -0.2) is 4.90 Å². The van der Waals surface area contributed by atoms with Crippen molar-refractivity contribution in [2.75, 3.05) is 4.90 Å². The van der Waals surface area contributed by atoms with Crippen LogP contribution in [0.3, 0.4) is 0 Å². The molecule has 1 unspecified atom stereocenters. The van der Waals surface area contributed by atoms with Gasteiger partial charge in [-0.05, 0) is 23.2 Å². The Balaban J connectivity index is 2.51. The molecule has 5 nitrogen and oxygen atoms in total. The predicted molar refractivity (Wildman–Crippen MR) is 55.4 cm³/mol. The third kappa shape index (κ3) is 1.77. The molecule has 16 heavy (non-hydrogen) atoms. The molecule has 0 spiro atoms. The summed E-state index contributed by atoms with van der Waals surface area (Å²) in [6.45, 7) is 0. The highest BCUT2D eigenvalue weighted by Crippen LogP contribution is 2.27. The van der Waals surface area contributed by atoms with Crippen molar-refractivity contribution >= 4 is 28.6 Å². The number of hydrogen-bond donors (Lipinski definition) is 0. The van der Waals surface area contributed by atoms with Gasteiger partial charge in [0.1, 0.15) is 0 Å². The summed E-state index contributed by atoms with van der Waals surface area (Å²) < 4.78 is 21.9. The van der Waals surface area contributed by atoms with Crippen LogP contribution in [-0.2, 0) is 20.7 Å². The van der Waals surface area contributed by atoms with Gasteiger partial charge in [-0.1, -0.05) is 12.1 Å². The third-order valence-electron chi connectivity index (χ3n) is 2.34. The van der Waals surface area contributed by atoms with E-state index in [-0.39, 0.29) is 35.2 Å². The average Bonchev–Trinajstić information content (AvgIpc) is 2.58. The van der Waals surface area contributed by atoms with Crippen LogP contribution in [0, 0.1) is 0 Å². The summed E-state index contributed by atoms with van der Waals surface area (Å²) in [5, 5.41) is 0. The van der Waals surface area contributed by atoms with Gasteiger partial charge in [-0.2, -0.15) is 0 Å². The predicted octanol–water partition coefficient (Wildman–Crippen LogP) is 0.578. The maximum Gasteiger partial charge on any atom is 0.234 e. The zero-order valence-electron chi connectivity index (χ0n) is 8.21. The van der Waals surface area contributed by atoms with E-state index in [4.69, 9.17) is 0 Å². The Labute approximate surface area is 94.3 Å². The second kappa shape index (κ2) is 4.15. The molecule has 1 aromatic carbocycles. The molecule has 1 heterocycles. The van der Waals surface area contributed by atoms with Crippen LogP contribution < -0.4 is 4.90 Å². The number of carbonyl (C=O) groups excluding carboxylic acids is 2. The minimum atomic E-state index is -2.46. The van der Waals surface area contributed by atoms with Crippen molar-refractivity contribution in [2.24, 2.45) is 0 Å². The summed E-state index contributed by atoms with van der Waals surface area (Å²) in [5.74, 6) is -0.717. The van der Waals surface area contributed by atoms with E-state index in [2.05, 4.69) is 0 Å². The van der Waals surface area contributed by atoms with Crippen LogP contribution in [-0.4, -0.2) is 20.6 Å². The lowest BCUT2D eigenvalue weighted by Crippen LogP contribution is -2.29. The van der Waals surface area contributed by atoms with Crippen molar-refractivity contribution in [3.63, 3.8) is 0 Å². The largest absolute Gasteiger partial charge is 0.768 e. The first-order valence-corrected chi connectivity index (χ1v) is 5.73. The van der Waals surface area contributed by atoms with E-state index in [0.29, 0.717) is 0 Å². The Hall–Kier alpha value is -1.53. The van der Waals surface area contributed by atoms with Crippen molar-refractivity contribution in [3.05, 3.63) is 24.3 Å². The maximum absolute atomic E-state index is 11.5. The molecular formula is C10H8NO4S-. The van der Waals surface area contributed by atoms with Crippen molar-refractivity contribution < 1.29 is 18.4 Å². The number of benzene rings is 1. The lowest BCUT2D eigenvalue weighted by molar-refractivity contribution is -0.121. The first-order chi connectivity index (χ1) is 7.61. The fourth-order valence-electron chi connectivity index (χ4n) is 1.63. The zero-order chi connectivity index (χ0) is 11.7. The Bertz CT molecular complexity index is 469. The fourth-order valence-corrected chi connectivity index (χ4v) is 2.15. The quantitative estimate of drug-likeness (QED) is 0.557. The van der Waals surface area contributed by atoms with Gasteiger partial charge in [0.2, 0.25) is 11.8 Å². The second-order valence-electron chi connectivity index (χ2n) is 3.33. The number of amides is 2. The molecule has 1 aliphatic heterocycles. The second-order valence-corrected chi connectivity index (χ2v) is 4.23. The van der Waals surface area contributed by atoms with Gasteiger partial charge in [-0.3, -0.25) is 13.8 Å². The van der Waals surface area contributed by atoms with Crippen LogP contribution in [0.2, 0.25) is 0 Å². The van der Waals surface area contributed by atoms with Gasteiger partial charge in [0, 0.05) is 17.7 Å². The summed E-state index contributed by atoms with van der Waals surface area (Å²) >= 11 is -2.46. The SMILES string of the molecule is O=C1CCC(=O)N1c1ccccc1S(=O)[O-]. The number of hydrogen-bond acceptors (Lipinski definition) is 4. The molecule has 0 saturated carbocycles. The number of anilines is 1. The first kappa shape index (κ1) is 11.0. The number of nitrogens with zero attached hydrogens (tertiary/aromatic N) is 1. The highest BCUT2D eigenvalue weighted by atomic mass is 32.2. The van der Waals surface area contributed by atoms with E-state index >= 15 is 0 Å². The molecule has 2 amide bonds. The molecule has 0 radical (unpaired) electrons. The highest BCUT2D eigenvalue weighted by Gasteiger charge is 2.31. The first-order valence-electron chi connectivity index (χ1n) is 4.65. The van der Waals surface area contributed by atoms with Crippen LogP contribution in [0.4, 0.5) is 5.69 Å². The Morgan fingerprint density at radius 3 is 2.25 bits per heavy atom. The van der Waals surface area contributed by atoms with E-state index in [1.54, 1.807) is 12.1 Å². The molecule has 1 saturated heterocycles. The number of para-hydroxylation sites is 1. The average molecular weight is 238 g/mol. The summed E-state index contributed by atoms with van der Waals surface area (Å²) in [6, 6.07) is 5.94. The maximum atomic E-state index is 11.5. The van der Waals surface area contributed by atoms with Gasteiger partial charge < -0.3 is 4.55 Å². The Morgan fingerprint density at radius 2 is 1.69 bits per heavy atom. The summed E-state index contributed by atoms with van der Waals surface area (Å²) in [5.41, 5.74) is 0.142. The van der Waals surface area contributed by atoms with Crippen molar-refractivity contribution in [1.29, 1.82) is 0 Å². The molecule has 1 aromatic rings. The van der Waals surface area contributed by atoms with E-state index in [1.165, 1.54) is 12.1 Å². The van der Waals surface area contributed by atoms with E-state index < -0.39 is 11.1 Å². The van der Waals surface area contributed by atoms with Gasteiger partial charge in [-0.15, -0.1) is 0 Å². The van der Waals surface area contributed by atoms with Gasteiger partial charge in [0.05, 0.1) is 5.69 Å². The molecule has 0 N–H and O–H groups in total. The molecule has 6 heteroatoms. The summed E-state index contributed by atoms with van der Waals surface area (Å²) in [4.78, 5) is 23.8. The molecular weight excluding hydrogens is 230 g/mol. The molecule has 0 bridgehead atoms. The van der Waals surface area contributed by atoms with Crippen LogP contribution >= 0.6 is 0 Å². The standard InChI is InChI=1S/C10H9NO4S/c12-9-5-6-10(13)11(9)7-3-1-2-4-8(7)16(14)15/h1-4H,5-6H2,(H,14,15)/p-1. The molecule has 1 fully saturated rings. The van der Waals surface area contributed by atoms with Gasteiger partial charge in [0.15, 0.2) is 0 Å². The Kier molecular flexibility index (Phi) is 2.84. The smallest absolute Gasteiger partial charge is 0.234 e. The number of imide groups is 1. The third-order valence-corrected chi connectivity index (χ3v) is 3.04. The van der Waals surface area contributed by atoms with Crippen molar-refractivity contribution in [3.8, 4) is 0 Å². The molecule has 0 aliphatic carbocycles. The molecule has 2 rings (SSSR count). The van der Waals surface area contributed by atoms with E-state index in [0.717, 1.165) is 4.90 Å². The van der Waals surface area contributed by atoms with Crippen LogP contribution in [0.15, 0.2) is 29.2 Å². The molecule has 1 aliphatic rings. The Morgan fingerprint density at radius 1 is 1.12 bits per heavy atom. The topological polar surface area (TPSA) is 77.5 Å². The summed E-state index contributed by atoms with van der Waals surface area (Å²) in [6.07, 6.45) is 0.275. The van der Waals surface area contributed by atoms with Crippen LogP contribution in [0.5, 0.6) is 0 Å². The number of rotatable bonds is 2. The van der Waals surface area contributed by atoms with E-state index in [1.807, 2.05) is 0 Å². The van der Waals surface area contributed by atoms with Gasteiger partial charge in [0.25, 0.3) is 0 Å². The zero-order valence-corrected chi connectivity index (χ0v) is 9.03. The lowest BCUT2D eigenvalue weighted by atomic mass is 10.3. The molecule has 84 valence electrons. The monoisotopic (exact) mass is 238 g/mol. The van der Waals surface area contributed by atoms with E-state index in [9.17, 15) is 18.4 Å². The lowest BCUT2D eigenvalue weighted by Gasteiger charge is -2.18. The minimum absolute atomic E-state index is 0.0360. The minimum Gasteiger partial charge on any atom is -0.768 e. The summed E-state index contributed by atoms with van der Waals surface area (Å²) in [7, 11) is 0. The normalized spacial score (nSPS) is 17.9. The fraction of sp³-hybridized carbons (Fsp3) is 0.200. The highest BCUT2D eigenvalue weighted by molar-refractivity contribution is 7.79. The van der Waals surface area contributed by atoms with Crippen molar-refractivity contribution in [1.82, 2.24) is 0 Å². The van der Waals surface area contributed by atoms with Crippen LogP contribution in [0.1, 0.15) is 12.8 Å².